The van der Waals surface area contributed by atoms with Crippen LogP contribution < -0.4 is 10.9 Å². The number of benzene rings is 1. The third kappa shape index (κ3) is 3.85. The molecule has 0 unspecified atom stereocenters. The van der Waals surface area contributed by atoms with E-state index in [1.165, 1.54) is 7.11 Å². The first kappa shape index (κ1) is 17.9. The van der Waals surface area contributed by atoms with Crippen molar-refractivity contribution in [2.24, 2.45) is 0 Å². The standard InChI is InChI=1S/C20H21NO5/c1-12-9-16(14-6-4-7-14)26-20(24)18(12)19(23)21-15-8-3-5-13(10-15)11-17(22)25-2/h3,5,8-10,14H,4,6-7,11H2,1-2H3,(H,21,23). The maximum absolute atomic E-state index is 12.5. The van der Waals surface area contributed by atoms with Gasteiger partial charge in [0.25, 0.3) is 5.91 Å². The molecule has 0 spiro atoms. The molecule has 6 nitrogen and oxygen atoms in total. The fourth-order valence-electron chi connectivity index (χ4n) is 2.99. The summed E-state index contributed by atoms with van der Waals surface area (Å²) in [7, 11) is 1.32. The number of hydrogen-bond acceptors (Lipinski definition) is 5. The average Bonchev–Trinajstić information content (AvgIpc) is 2.52. The van der Waals surface area contributed by atoms with E-state index < -0.39 is 11.5 Å². The van der Waals surface area contributed by atoms with Crippen LogP contribution in [0.2, 0.25) is 0 Å². The molecule has 1 aliphatic carbocycles. The van der Waals surface area contributed by atoms with Crippen LogP contribution in [0.3, 0.4) is 0 Å². The molecule has 6 heteroatoms. The molecule has 1 fully saturated rings. The van der Waals surface area contributed by atoms with Crippen LogP contribution in [-0.2, 0) is 16.0 Å². The van der Waals surface area contributed by atoms with Gasteiger partial charge in [0.1, 0.15) is 11.3 Å². The molecule has 26 heavy (non-hydrogen) atoms. The van der Waals surface area contributed by atoms with E-state index in [0.717, 1.165) is 19.3 Å². The second-order valence-corrected chi connectivity index (χ2v) is 6.53. The maximum atomic E-state index is 12.5. The van der Waals surface area contributed by atoms with Crippen molar-refractivity contribution in [1.82, 2.24) is 0 Å². The Morgan fingerprint density at radius 1 is 1.27 bits per heavy atom. The summed E-state index contributed by atoms with van der Waals surface area (Å²) in [6.45, 7) is 1.74. The number of carbonyl (C=O) groups excluding carboxylic acids is 2. The minimum absolute atomic E-state index is 0.00597. The summed E-state index contributed by atoms with van der Waals surface area (Å²) in [4.78, 5) is 36.2. The van der Waals surface area contributed by atoms with Gasteiger partial charge in [-0.2, -0.15) is 0 Å². The Labute approximate surface area is 151 Å². The van der Waals surface area contributed by atoms with E-state index in [1.54, 1.807) is 37.3 Å². The van der Waals surface area contributed by atoms with Crippen molar-refractivity contribution in [3.8, 4) is 0 Å². The lowest BCUT2D eigenvalue weighted by Gasteiger charge is -2.24. The lowest BCUT2D eigenvalue weighted by atomic mass is 9.83. The Hall–Kier alpha value is -2.89. The number of amides is 1. The number of anilines is 1. The second-order valence-electron chi connectivity index (χ2n) is 6.53. The minimum Gasteiger partial charge on any atom is -0.469 e. The van der Waals surface area contributed by atoms with E-state index in [-0.39, 0.29) is 23.9 Å². The van der Waals surface area contributed by atoms with E-state index in [1.807, 2.05) is 0 Å². The van der Waals surface area contributed by atoms with E-state index in [2.05, 4.69) is 10.1 Å². The minimum atomic E-state index is -0.616. The summed E-state index contributed by atoms with van der Waals surface area (Å²) in [6, 6.07) is 8.64. The number of ether oxygens (including phenoxy) is 1. The molecule has 0 atom stereocenters. The van der Waals surface area contributed by atoms with Gasteiger partial charge in [-0.15, -0.1) is 0 Å². The van der Waals surface area contributed by atoms with Gasteiger partial charge in [-0.05, 0) is 49.1 Å². The van der Waals surface area contributed by atoms with Crippen LogP contribution in [0.15, 0.2) is 39.5 Å². The highest BCUT2D eigenvalue weighted by Crippen LogP contribution is 2.36. The van der Waals surface area contributed by atoms with Gasteiger partial charge in [-0.3, -0.25) is 9.59 Å². The third-order valence-corrected chi connectivity index (χ3v) is 4.66. The number of esters is 1. The molecule has 1 aromatic carbocycles. The summed E-state index contributed by atoms with van der Waals surface area (Å²) in [5.41, 5.74) is 1.20. The van der Waals surface area contributed by atoms with E-state index >= 15 is 0 Å². The SMILES string of the molecule is COC(=O)Cc1cccc(NC(=O)c2c(C)cc(C3CCC3)oc2=O)c1. The molecule has 0 saturated heterocycles. The Bertz CT molecular complexity index is 895. The van der Waals surface area contributed by atoms with Gasteiger partial charge >= 0.3 is 11.6 Å². The number of aryl methyl sites for hydroxylation is 1. The number of rotatable bonds is 5. The zero-order chi connectivity index (χ0) is 18.7. The van der Waals surface area contributed by atoms with Gasteiger partial charge in [-0.25, -0.2) is 4.79 Å². The van der Waals surface area contributed by atoms with Gasteiger partial charge < -0.3 is 14.5 Å². The smallest absolute Gasteiger partial charge is 0.349 e. The van der Waals surface area contributed by atoms with E-state index in [0.29, 0.717) is 22.6 Å². The summed E-state index contributed by atoms with van der Waals surface area (Å²) in [5, 5.41) is 2.70. The quantitative estimate of drug-likeness (QED) is 0.833. The highest BCUT2D eigenvalue weighted by Gasteiger charge is 2.25. The number of hydrogen-bond donors (Lipinski definition) is 1. The van der Waals surface area contributed by atoms with Crippen LogP contribution in [0.25, 0.3) is 0 Å². The molecule has 1 amide bonds. The molecular formula is C20H21NO5. The molecule has 3 rings (SSSR count). The second kappa shape index (κ2) is 7.56. The van der Waals surface area contributed by atoms with Crippen molar-refractivity contribution < 1.29 is 18.7 Å². The lowest BCUT2D eigenvalue weighted by Crippen LogP contribution is -2.24. The molecule has 1 N–H and O–H groups in total. The summed E-state index contributed by atoms with van der Waals surface area (Å²) < 4.78 is 10.0. The first-order valence-electron chi connectivity index (χ1n) is 8.59. The Kier molecular flexibility index (Phi) is 5.21. The van der Waals surface area contributed by atoms with Gasteiger partial charge in [0.2, 0.25) is 0 Å². The first-order valence-corrected chi connectivity index (χ1v) is 8.59. The zero-order valence-corrected chi connectivity index (χ0v) is 14.8. The van der Waals surface area contributed by atoms with Gasteiger partial charge in [0, 0.05) is 11.6 Å². The fourth-order valence-corrected chi connectivity index (χ4v) is 2.99. The number of methoxy groups -OCH3 is 1. The highest BCUT2D eigenvalue weighted by atomic mass is 16.5. The molecule has 1 aromatic heterocycles. The Morgan fingerprint density at radius 2 is 2.04 bits per heavy atom. The maximum Gasteiger partial charge on any atom is 0.349 e. The summed E-state index contributed by atoms with van der Waals surface area (Å²) >= 11 is 0. The molecule has 136 valence electrons. The lowest BCUT2D eigenvalue weighted by molar-refractivity contribution is -0.139. The Balaban J connectivity index is 1.79. The van der Waals surface area contributed by atoms with E-state index in [4.69, 9.17) is 4.42 Å². The predicted molar refractivity (Wildman–Crippen MR) is 96.4 cm³/mol. The van der Waals surface area contributed by atoms with Crippen LogP contribution >= 0.6 is 0 Å². The number of nitrogens with one attached hydrogen (secondary N) is 1. The van der Waals surface area contributed by atoms with Crippen LogP contribution in [-0.4, -0.2) is 19.0 Å². The molecular weight excluding hydrogens is 334 g/mol. The normalized spacial score (nSPS) is 13.8. The third-order valence-electron chi connectivity index (χ3n) is 4.66. The first-order chi connectivity index (χ1) is 12.5. The van der Waals surface area contributed by atoms with Crippen LogP contribution in [0.4, 0.5) is 5.69 Å². The topological polar surface area (TPSA) is 85.6 Å². The molecule has 0 radical (unpaired) electrons. The average molecular weight is 355 g/mol. The van der Waals surface area contributed by atoms with Crippen molar-refractivity contribution in [3.05, 3.63) is 63.2 Å². The van der Waals surface area contributed by atoms with Crippen LogP contribution in [0.1, 0.15) is 52.4 Å². The fraction of sp³-hybridized carbons (Fsp3) is 0.350. The molecule has 1 saturated carbocycles. The molecule has 2 aromatic rings. The van der Waals surface area contributed by atoms with Crippen molar-refractivity contribution in [2.75, 3.05) is 12.4 Å². The van der Waals surface area contributed by atoms with Crippen LogP contribution in [0.5, 0.6) is 0 Å². The van der Waals surface area contributed by atoms with Crippen molar-refractivity contribution in [3.63, 3.8) is 0 Å². The summed E-state index contributed by atoms with van der Waals surface area (Å²) in [6.07, 6.45) is 3.27. The summed E-state index contributed by atoms with van der Waals surface area (Å²) in [5.74, 6) is 0.0621. The van der Waals surface area contributed by atoms with Gasteiger partial charge in [0.15, 0.2) is 0 Å². The molecule has 1 aliphatic rings. The monoisotopic (exact) mass is 355 g/mol. The molecule has 1 heterocycles. The van der Waals surface area contributed by atoms with Crippen LogP contribution in [0, 0.1) is 6.92 Å². The van der Waals surface area contributed by atoms with Crippen molar-refractivity contribution in [2.45, 2.75) is 38.5 Å². The molecule has 0 aliphatic heterocycles. The van der Waals surface area contributed by atoms with E-state index in [9.17, 15) is 14.4 Å². The van der Waals surface area contributed by atoms with Crippen molar-refractivity contribution >= 4 is 17.6 Å². The Morgan fingerprint density at radius 3 is 2.65 bits per heavy atom. The highest BCUT2D eigenvalue weighted by molar-refractivity contribution is 6.05. The van der Waals surface area contributed by atoms with Gasteiger partial charge in [0.05, 0.1) is 13.5 Å². The number of carbonyl (C=O) groups is 2. The largest absolute Gasteiger partial charge is 0.469 e. The van der Waals surface area contributed by atoms with Gasteiger partial charge in [-0.1, -0.05) is 18.6 Å². The molecule has 0 bridgehead atoms. The predicted octanol–water partition coefficient (Wildman–Crippen LogP) is 3.18. The van der Waals surface area contributed by atoms with Crippen molar-refractivity contribution in [1.29, 1.82) is 0 Å². The zero-order valence-electron chi connectivity index (χ0n) is 14.8.